The minimum atomic E-state index is -0.675. The van der Waals surface area contributed by atoms with Crippen LogP contribution >= 0.6 is 23.2 Å². The Labute approximate surface area is 131 Å². The molecule has 0 aromatic heterocycles. The van der Waals surface area contributed by atoms with Crippen LogP contribution in [-0.2, 0) is 4.74 Å². The summed E-state index contributed by atoms with van der Waals surface area (Å²) in [6.07, 6.45) is 0. The lowest BCUT2D eigenvalue weighted by molar-refractivity contribution is 0.0476. The minimum Gasteiger partial charge on any atom is -0.454 e. The highest BCUT2D eigenvalue weighted by atomic mass is 35.5. The summed E-state index contributed by atoms with van der Waals surface area (Å²) in [6.45, 7) is -0.372. The number of rotatable bonds is 4. The average Bonchev–Trinajstić information content (AvgIpc) is 2.45. The van der Waals surface area contributed by atoms with Gasteiger partial charge in [-0.2, -0.15) is 0 Å². The first kappa shape index (κ1) is 15.4. The van der Waals surface area contributed by atoms with Gasteiger partial charge in [-0.1, -0.05) is 23.2 Å². The van der Waals surface area contributed by atoms with Crippen molar-refractivity contribution in [3.63, 3.8) is 0 Å². The summed E-state index contributed by atoms with van der Waals surface area (Å²) in [6, 6.07) is 10.7. The molecular formula is C15H11Cl2NO3. The molecule has 21 heavy (non-hydrogen) atoms. The van der Waals surface area contributed by atoms with E-state index < -0.39 is 5.97 Å². The number of nitrogens with two attached hydrogens (primary N) is 1. The first-order valence-corrected chi connectivity index (χ1v) is 6.74. The number of carbonyl (C=O) groups is 2. The Morgan fingerprint density at radius 3 is 2.24 bits per heavy atom. The molecule has 0 aliphatic heterocycles. The van der Waals surface area contributed by atoms with Crippen molar-refractivity contribution in [1.29, 1.82) is 0 Å². The van der Waals surface area contributed by atoms with Crippen LogP contribution in [0.4, 0.5) is 5.69 Å². The largest absolute Gasteiger partial charge is 0.454 e. The molecule has 0 saturated heterocycles. The molecule has 2 aromatic rings. The Kier molecular flexibility index (Phi) is 4.83. The molecule has 0 aliphatic carbocycles. The highest BCUT2D eigenvalue weighted by molar-refractivity contribution is 6.31. The van der Waals surface area contributed by atoms with Crippen LogP contribution in [0.25, 0.3) is 0 Å². The molecule has 0 radical (unpaired) electrons. The second-order valence-electron chi connectivity index (χ2n) is 4.24. The van der Waals surface area contributed by atoms with Crippen molar-refractivity contribution < 1.29 is 14.3 Å². The summed E-state index contributed by atoms with van der Waals surface area (Å²) < 4.78 is 4.95. The number of anilines is 1. The van der Waals surface area contributed by atoms with Crippen LogP contribution in [-0.4, -0.2) is 18.4 Å². The first-order valence-electron chi connectivity index (χ1n) is 5.98. The number of esters is 1. The van der Waals surface area contributed by atoms with Crippen LogP contribution in [0.15, 0.2) is 42.5 Å². The van der Waals surface area contributed by atoms with Crippen molar-refractivity contribution in [1.82, 2.24) is 0 Å². The number of Topliss-reactive ketones (excluding diaryl/α,β-unsaturated/α-hetero) is 1. The van der Waals surface area contributed by atoms with Crippen molar-refractivity contribution in [2.75, 3.05) is 12.3 Å². The standard InChI is InChI=1S/C15H11Cl2NO3/c16-10-3-1-9(2-4-10)14(19)8-21-15(20)12-6-5-11(17)7-13(12)18/h1-7H,8,18H2. The Morgan fingerprint density at radius 1 is 1.00 bits per heavy atom. The molecule has 108 valence electrons. The normalized spacial score (nSPS) is 10.2. The van der Waals surface area contributed by atoms with Gasteiger partial charge in [0, 0.05) is 21.3 Å². The van der Waals surface area contributed by atoms with Crippen molar-refractivity contribution >= 4 is 40.6 Å². The number of hydrogen-bond acceptors (Lipinski definition) is 4. The maximum Gasteiger partial charge on any atom is 0.340 e. The molecule has 0 amide bonds. The first-order chi connectivity index (χ1) is 9.97. The lowest BCUT2D eigenvalue weighted by Gasteiger charge is -2.07. The fourth-order valence-electron chi connectivity index (χ4n) is 1.65. The zero-order chi connectivity index (χ0) is 15.4. The maximum atomic E-state index is 11.9. The average molecular weight is 324 g/mol. The van der Waals surface area contributed by atoms with Gasteiger partial charge >= 0.3 is 5.97 Å². The predicted molar refractivity (Wildman–Crippen MR) is 81.9 cm³/mol. The zero-order valence-corrected chi connectivity index (χ0v) is 12.3. The molecule has 0 unspecified atom stereocenters. The van der Waals surface area contributed by atoms with E-state index in [0.717, 1.165) is 0 Å². The number of nitrogen functional groups attached to an aromatic ring is 1. The number of halogens is 2. The van der Waals surface area contributed by atoms with Crippen LogP contribution in [0.3, 0.4) is 0 Å². The summed E-state index contributed by atoms with van der Waals surface area (Å²) in [5.41, 5.74) is 6.45. The third-order valence-corrected chi connectivity index (χ3v) is 3.22. The summed E-state index contributed by atoms with van der Waals surface area (Å²) in [5, 5.41) is 0.943. The fraction of sp³-hybridized carbons (Fsp3) is 0.0667. The molecule has 0 spiro atoms. The van der Waals surface area contributed by atoms with E-state index in [1.165, 1.54) is 18.2 Å². The van der Waals surface area contributed by atoms with Crippen LogP contribution < -0.4 is 5.73 Å². The van der Waals surface area contributed by atoms with Gasteiger partial charge in [0.15, 0.2) is 12.4 Å². The Balaban J connectivity index is 2.00. The van der Waals surface area contributed by atoms with Gasteiger partial charge in [0.05, 0.1) is 5.56 Å². The van der Waals surface area contributed by atoms with Gasteiger partial charge in [0.1, 0.15) is 0 Å². The third kappa shape index (κ3) is 3.97. The smallest absolute Gasteiger partial charge is 0.340 e. The zero-order valence-electron chi connectivity index (χ0n) is 10.8. The second kappa shape index (κ2) is 6.61. The second-order valence-corrected chi connectivity index (χ2v) is 5.11. The Morgan fingerprint density at radius 2 is 1.62 bits per heavy atom. The molecule has 0 saturated carbocycles. The Bertz CT molecular complexity index is 684. The molecule has 4 nitrogen and oxygen atoms in total. The minimum absolute atomic E-state index is 0.170. The number of benzene rings is 2. The van der Waals surface area contributed by atoms with Crippen molar-refractivity contribution in [3.8, 4) is 0 Å². The number of hydrogen-bond donors (Lipinski definition) is 1. The maximum absolute atomic E-state index is 11.9. The van der Waals surface area contributed by atoms with Crippen LogP contribution in [0.2, 0.25) is 10.0 Å². The van der Waals surface area contributed by atoms with E-state index in [4.69, 9.17) is 33.7 Å². The van der Waals surface area contributed by atoms with Gasteiger partial charge in [-0.15, -0.1) is 0 Å². The van der Waals surface area contributed by atoms with Crippen LogP contribution in [0.5, 0.6) is 0 Å². The van der Waals surface area contributed by atoms with E-state index >= 15 is 0 Å². The molecule has 2 N–H and O–H groups in total. The van der Waals surface area contributed by atoms with Gasteiger partial charge in [0.2, 0.25) is 0 Å². The topological polar surface area (TPSA) is 69.4 Å². The van der Waals surface area contributed by atoms with E-state index in [1.807, 2.05) is 0 Å². The van der Waals surface area contributed by atoms with Crippen molar-refractivity contribution in [2.45, 2.75) is 0 Å². The van der Waals surface area contributed by atoms with Gasteiger partial charge in [0.25, 0.3) is 0 Å². The van der Waals surface area contributed by atoms with E-state index in [1.54, 1.807) is 24.3 Å². The van der Waals surface area contributed by atoms with E-state index in [0.29, 0.717) is 15.6 Å². The predicted octanol–water partition coefficient (Wildman–Crippen LogP) is 3.62. The Hall–Kier alpha value is -2.04. The van der Waals surface area contributed by atoms with Gasteiger partial charge in [-0.25, -0.2) is 4.79 Å². The third-order valence-electron chi connectivity index (χ3n) is 2.73. The molecule has 2 rings (SSSR count). The summed E-state index contributed by atoms with van der Waals surface area (Å²) in [7, 11) is 0. The van der Waals surface area contributed by atoms with Crippen molar-refractivity contribution in [3.05, 3.63) is 63.6 Å². The molecule has 0 aliphatic rings. The highest BCUT2D eigenvalue weighted by Gasteiger charge is 2.14. The summed E-state index contributed by atoms with van der Waals surface area (Å²) in [5.74, 6) is -1.00. The van der Waals surface area contributed by atoms with Crippen LogP contribution in [0, 0.1) is 0 Å². The van der Waals surface area contributed by atoms with Crippen molar-refractivity contribution in [2.24, 2.45) is 0 Å². The molecule has 0 bridgehead atoms. The molecule has 0 heterocycles. The van der Waals surface area contributed by atoms with Gasteiger partial charge in [-0.3, -0.25) is 4.79 Å². The fourth-order valence-corrected chi connectivity index (χ4v) is 1.95. The molecule has 0 atom stereocenters. The molecular weight excluding hydrogens is 313 g/mol. The quantitative estimate of drug-likeness (QED) is 0.530. The van der Waals surface area contributed by atoms with Gasteiger partial charge < -0.3 is 10.5 Å². The molecule has 2 aromatic carbocycles. The lowest BCUT2D eigenvalue weighted by atomic mass is 10.1. The summed E-state index contributed by atoms with van der Waals surface area (Å²) >= 11 is 11.5. The number of carbonyl (C=O) groups excluding carboxylic acids is 2. The number of ketones is 1. The van der Waals surface area contributed by atoms with E-state index in [2.05, 4.69) is 0 Å². The highest BCUT2D eigenvalue weighted by Crippen LogP contribution is 2.19. The monoisotopic (exact) mass is 323 g/mol. The molecule has 0 fully saturated rings. The lowest BCUT2D eigenvalue weighted by Crippen LogP contribution is -2.15. The molecule has 6 heteroatoms. The van der Waals surface area contributed by atoms with E-state index in [-0.39, 0.29) is 23.6 Å². The summed E-state index contributed by atoms with van der Waals surface area (Å²) in [4.78, 5) is 23.7. The van der Waals surface area contributed by atoms with E-state index in [9.17, 15) is 9.59 Å². The number of ether oxygens (including phenoxy) is 1. The van der Waals surface area contributed by atoms with Crippen LogP contribution in [0.1, 0.15) is 20.7 Å². The van der Waals surface area contributed by atoms with Gasteiger partial charge in [-0.05, 0) is 42.5 Å². The SMILES string of the molecule is Nc1cc(Cl)ccc1C(=O)OCC(=O)c1ccc(Cl)cc1.